The number of nitrogens with two attached hydrogens (primary N) is 1. The number of hydrogen-bond donors (Lipinski definition) is 2. The molecule has 2 aromatic heterocycles. The van der Waals surface area contributed by atoms with Crippen molar-refractivity contribution < 1.29 is 9.53 Å². The molecule has 1 aliphatic rings. The predicted octanol–water partition coefficient (Wildman–Crippen LogP) is 2.78. The molecule has 0 radical (unpaired) electrons. The number of fused-ring (bicyclic) bond motifs is 3. The number of nitrogens with one attached hydrogen (secondary N) is 1. The molecule has 1 amide bonds. The lowest BCUT2D eigenvalue weighted by Gasteiger charge is -2.05. The summed E-state index contributed by atoms with van der Waals surface area (Å²) in [4.78, 5) is 33.2. The van der Waals surface area contributed by atoms with Crippen molar-refractivity contribution in [1.29, 1.82) is 0 Å². The maximum Gasteiger partial charge on any atom is 0.260 e. The van der Waals surface area contributed by atoms with Crippen LogP contribution in [0.1, 0.15) is 29.7 Å². The molecule has 0 aliphatic heterocycles. The van der Waals surface area contributed by atoms with Crippen molar-refractivity contribution in [3.8, 4) is 17.1 Å². The van der Waals surface area contributed by atoms with E-state index in [0.717, 1.165) is 35.0 Å². The van der Waals surface area contributed by atoms with Gasteiger partial charge in [0.25, 0.3) is 11.5 Å². The lowest BCUT2D eigenvalue weighted by atomic mass is 10.1. The molecule has 6 nitrogen and oxygen atoms in total. The van der Waals surface area contributed by atoms with Gasteiger partial charge in [0.05, 0.1) is 5.39 Å². The van der Waals surface area contributed by atoms with E-state index in [4.69, 9.17) is 15.5 Å². The minimum absolute atomic E-state index is 0.0709. The molecule has 4 rings (SSSR count). The smallest absolute Gasteiger partial charge is 0.260 e. The van der Waals surface area contributed by atoms with E-state index >= 15 is 0 Å². The van der Waals surface area contributed by atoms with E-state index < -0.39 is 5.91 Å². The molecule has 0 saturated carbocycles. The number of amides is 1. The Hall–Kier alpha value is -2.67. The lowest BCUT2D eigenvalue weighted by Crippen LogP contribution is -2.19. The van der Waals surface area contributed by atoms with E-state index in [1.807, 2.05) is 0 Å². The highest BCUT2D eigenvalue weighted by atomic mass is 32.1. The number of primary amides is 1. The number of ether oxygens (including phenoxy) is 1. The first-order chi connectivity index (χ1) is 12.6. The fourth-order valence-corrected chi connectivity index (χ4v) is 4.60. The summed E-state index contributed by atoms with van der Waals surface area (Å²) in [6.07, 6.45) is 5.53. The van der Waals surface area contributed by atoms with Crippen molar-refractivity contribution in [2.24, 2.45) is 5.73 Å². The van der Waals surface area contributed by atoms with Crippen LogP contribution in [0, 0.1) is 0 Å². The van der Waals surface area contributed by atoms with E-state index in [9.17, 15) is 9.59 Å². The van der Waals surface area contributed by atoms with Crippen LogP contribution in [0.15, 0.2) is 29.1 Å². The van der Waals surface area contributed by atoms with E-state index in [0.29, 0.717) is 11.6 Å². The van der Waals surface area contributed by atoms with Gasteiger partial charge >= 0.3 is 0 Å². The van der Waals surface area contributed by atoms with Crippen LogP contribution in [0.2, 0.25) is 0 Å². The highest BCUT2D eigenvalue weighted by Gasteiger charge is 2.19. The zero-order chi connectivity index (χ0) is 18.1. The molecule has 7 heteroatoms. The number of aryl methyl sites for hydroxylation is 2. The Labute approximate surface area is 154 Å². The molecule has 0 bridgehead atoms. The zero-order valence-electron chi connectivity index (χ0n) is 14.2. The summed E-state index contributed by atoms with van der Waals surface area (Å²) in [6.45, 7) is -0.166. The van der Waals surface area contributed by atoms with Gasteiger partial charge < -0.3 is 15.5 Å². The van der Waals surface area contributed by atoms with Gasteiger partial charge in [-0.25, -0.2) is 4.98 Å². The van der Waals surface area contributed by atoms with Crippen molar-refractivity contribution in [3.63, 3.8) is 0 Å². The van der Waals surface area contributed by atoms with E-state index in [1.165, 1.54) is 23.3 Å². The second kappa shape index (κ2) is 6.92. The van der Waals surface area contributed by atoms with Crippen LogP contribution >= 0.6 is 11.3 Å². The van der Waals surface area contributed by atoms with Crippen LogP contribution in [0.25, 0.3) is 21.6 Å². The summed E-state index contributed by atoms with van der Waals surface area (Å²) in [5.74, 6) is 0.558. The minimum Gasteiger partial charge on any atom is -0.484 e. The minimum atomic E-state index is -0.525. The number of thiophene rings is 1. The molecule has 26 heavy (non-hydrogen) atoms. The maximum absolute atomic E-state index is 12.7. The molecular weight excluding hydrogens is 350 g/mol. The normalized spacial score (nSPS) is 14.0. The highest BCUT2D eigenvalue weighted by molar-refractivity contribution is 7.18. The van der Waals surface area contributed by atoms with Crippen LogP contribution in [0.5, 0.6) is 5.75 Å². The fraction of sp³-hybridized carbons (Fsp3) is 0.316. The third kappa shape index (κ3) is 3.22. The SMILES string of the molecule is NC(=O)COc1ccc(-c2nc3sc4c(c3c(=O)[nH]2)CCCCC4)cc1. The standard InChI is InChI=1S/C19H19N3O3S/c20-15(23)10-25-12-8-6-11(7-9-12)17-21-18(24)16-13-4-2-1-3-5-14(13)26-19(16)22-17/h6-9H,1-5,10H2,(H2,20,23)(H,21,22,24). The molecule has 1 aromatic carbocycles. The van der Waals surface area contributed by atoms with Crippen LogP contribution < -0.4 is 16.0 Å². The van der Waals surface area contributed by atoms with Crippen molar-refractivity contribution in [3.05, 3.63) is 45.1 Å². The number of H-pyrrole nitrogens is 1. The van der Waals surface area contributed by atoms with Crippen LogP contribution in [0.4, 0.5) is 0 Å². The third-order valence-corrected chi connectivity index (χ3v) is 5.77. The molecule has 2 heterocycles. The second-order valence-corrected chi connectivity index (χ2v) is 7.52. The van der Waals surface area contributed by atoms with Gasteiger partial charge in [-0.05, 0) is 55.5 Å². The zero-order valence-corrected chi connectivity index (χ0v) is 15.0. The van der Waals surface area contributed by atoms with Gasteiger partial charge in [0.2, 0.25) is 0 Å². The molecule has 0 saturated heterocycles. The molecule has 3 aromatic rings. The Balaban J connectivity index is 1.69. The molecule has 0 fully saturated rings. The van der Waals surface area contributed by atoms with E-state index in [-0.39, 0.29) is 12.2 Å². The number of rotatable bonds is 4. The maximum atomic E-state index is 12.7. The Bertz CT molecular complexity index is 1020. The summed E-state index contributed by atoms with van der Waals surface area (Å²) in [5.41, 5.74) is 6.98. The number of aromatic amines is 1. The first-order valence-corrected chi connectivity index (χ1v) is 9.49. The molecule has 0 unspecified atom stereocenters. The predicted molar refractivity (Wildman–Crippen MR) is 102 cm³/mol. The molecule has 3 N–H and O–H groups in total. The highest BCUT2D eigenvalue weighted by Crippen LogP contribution is 2.33. The van der Waals surface area contributed by atoms with Crippen LogP contribution in [-0.2, 0) is 17.6 Å². The van der Waals surface area contributed by atoms with Gasteiger partial charge in [-0.15, -0.1) is 11.3 Å². The van der Waals surface area contributed by atoms with Crippen LogP contribution in [0.3, 0.4) is 0 Å². The van der Waals surface area contributed by atoms with Gasteiger partial charge in [-0.1, -0.05) is 6.42 Å². The Kier molecular flexibility index (Phi) is 4.46. The van der Waals surface area contributed by atoms with Crippen molar-refractivity contribution in [2.75, 3.05) is 6.61 Å². The van der Waals surface area contributed by atoms with Crippen molar-refractivity contribution in [1.82, 2.24) is 9.97 Å². The lowest BCUT2D eigenvalue weighted by molar-refractivity contribution is -0.119. The second-order valence-electron chi connectivity index (χ2n) is 6.44. The Morgan fingerprint density at radius 3 is 2.73 bits per heavy atom. The first-order valence-electron chi connectivity index (χ1n) is 8.68. The summed E-state index contributed by atoms with van der Waals surface area (Å²) in [5, 5.41) is 0.761. The number of hydrogen-bond acceptors (Lipinski definition) is 5. The van der Waals surface area contributed by atoms with E-state index in [2.05, 4.69) is 4.98 Å². The van der Waals surface area contributed by atoms with Crippen molar-refractivity contribution in [2.45, 2.75) is 32.1 Å². The Morgan fingerprint density at radius 2 is 1.96 bits per heavy atom. The largest absolute Gasteiger partial charge is 0.484 e. The average Bonchev–Trinajstić information content (AvgIpc) is 2.82. The van der Waals surface area contributed by atoms with Crippen molar-refractivity contribution >= 4 is 27.5 Å². The van der Waals surface area contributed by atoms with Gasteiger partial charge in [-0.2, -0.15) is 0 Å². The number of carbonyl (C=O) groups is 1. The monoisotopic (exact) mass is 369 g/mol. The number of carbonyl (C=O) groups excluding carboxylic acids is 1. The number of aromatic nitrogens is 2. The third-order valence-electron chi connectivity index (χ3n) is 4.58. The summed E-state index contributed by atoms with van der Waals surface area (Å²) in [7, 11) is 0. The molecule has 0 atom stereocenters. The number of benzene rings is 1. The number of nitrogens with zero attached hydrogens (tertiary/aromatic N) is 1. The van der Waals surface area contributed by atoms with E-state index in [1.54, 1.807) is 35.6 Å². The molecular formula is C19H19N3O3S. The van der Waals surface area contributed by atoms with Crippen LogP contribution in [-0.4, -0.2) is 22.5 Å². The fourth-order valence-electron chi connectivity index (χ4n) is 3.34. The Morgan fingerprint density at radius 1 is 1.19 bits per heavy atom. The van der Waals surface area contributed by atoms with Gasteiger partial charge in [-0.3, -0.25) is 9.59 Å². The average molecular weight is 369 g/mol. The van der Waals surface area contributed by atoms with Gasteiger partial charge in [0, 0.05) is 10.4 Å². The summed E-state index contributed by atoms with van der Waals surface area (Å²) in [6, 6.07) is 7.07. The molecule has 134 valence electrons. The first kappa shape index (κ1) is 16.8. The molecule has 1 aliphatic carbocycles. The quantitative estimate of drug-likeness (QED) is 0.691. The summed E-state index contributed by atoms with van der Waals surface area (Å²) >= 11 is 1.64. The molecule has 0 spiro atoms. The van der Waals surface area contributed by atoms with Gasteiger partial charge in [0.15, 0.2) is 6.61 Å². The topological polar surface area (TPSA) is 98.1 Å². The van der Waals surface area contributed by atoms with Gasteiger partial charge in [0.1, 0.15) is 16.4 Å². The summed E-state index contributed by atoms with van der Waals surface area (Å²) < 4.78 is 5.25.